The summed E-state index contributed by atoms with van der Waals surface area (Å²) in [6.45, 7) is -1.31. The number of carbonyl (C=O) groups excluding carboxylic acids is 2. The molecule has 0 unspecified atom stereocenters. The smallest absolute Gasteiger partial charge is 0.284 e. The van der Waals surface area contributed by atoms with Crippen molar-refractivity contribution in [3.63, 3.8) is 0 Å². The van der Waals surface area contributed by atoms with Crippen LogP contribution in [0, 0.1) is 5.82 Å². The van der Waals surface area contributed by atoms with Gasteiger partial charge in [-0.05, 0) is 66.6 Å². The summed E-state index contributed by atoms with van der Waals surface area (Å²) in [5.74, 6) is -5.20. The van der Waals surface area contributed by atoms with E-state index in [0.29, 0.717) is 18.7 Å². The fraction of sp³-hybridized carbons (Fsp3) is 0.259. The number of nitrogens with zero attached hydrogens (tertiary/aromatic N) is 2. The monoisotopic (exact) mass is 530 g/mol. The maximum Gasteiger partial charge on any atom is 0.284 e. The molecular formula is C27H22ClF3N2O4. The van der Waals surface area contributed by atoms with Gasteiger partial charge in [-0.15, -0.1) is 0 Å². The quantitative estimate of drug-likeness (QED) is 0.521. The molecule has 3 aromatic rings. The number of anilines is 2. The largest absolute Gasteiger partial charge is 0.393 e. The van der Waals surface area contributed by atoms with Crippen LogP contribution in [0.15, 0.2) is 60.7 Å². The number of amides is 2. The first-order valence-corrected chi connectivity index (χ1v) is 12.0. The van der Waals surface area contributed by atoms with Crippen molar-refractivity contribution in [2.45, 2.75) is 24.4 Å². The fourth-order valence-electron chi connectivity index (χ4n) is 4.89. The van der Waals surface area contributed by atoms with Crippen molar-refractivity contribution < 1.29 is 33.0 Å². The van der Waals surface area contributed by atoms with E-state index in [-0.39, 0.29) is 33.3 Å². The van der Waals surface area contributed by atoms with Gasteiger partial charge in [0, 0.05) is 46.9 Å². The van der Waals surface area contributed by atoms with Crippen molar-refractivity contribution in [2.75, 3.05) is 29.5 Å². The third-order valence-corrected chi connectivity index (χ3v) is 7.24. The number of alkyl halides is 2. The molecule has 6 nitrogen and oxygen atoms in total. The lowest BCUT2D eigenvalue weighted by Gasteiger charge is -2.33. The number of halogens is 4. The van der Waals surface area contributed by atoms with Crippen molar-refractivity contribution in [1.82, 2.24) is 0 Å². The Kier molecular flexibility index (Phi) is 6.26. The van der Waals surface area contributed by atoms with Crippen LogP contribution >= 0.6 is 11.6 Å². The molecule has 2 aliphatic heterocycles. The standard InChI is InChI=1S/C27H22ClF3N2O4/c28-18-4-8-23-22(13-18)26(37,15-34)27(30,31)10-12-33(23)24(35)17-2-6-20(7-3-17)32-11-9-16-1-5-19(29)14-21(16)25(32)36/h1-8,13-14,34,37H,9-12,15H2/t26-/m0/s1. The Hall–Kier alpha value is -3.40. The molecule has 0 aliphatic carbocycles. The highest BCUT2D eigenvalue weighted by molar-refractivity contribution is 6.30. The van der Waals surface area contributed by atoms with Crippen molar-refractivity contribution in [2.24, 2.45) is 0 Å². The van der Waals surface area contributed by atoms with Gasteiger partial charge in [0.25, 0.3) is 17.7 Å². The molecule has 0 spiro atoms. The van der Waals surface area contributed by atoms with Crippen LogP contribution < -0.4 is 9.80 Å². The number of aliphatic hydroxyl groups excluding tert-OH is 1. The summed E-state index contributed by atoms with van der Waals surface area (Å²) in [5, 5.41) is 20.5. The molecule has 2 amide bonds. The maximum absolute atomic E-state index is 14.9. The average Bonchev–Trinajstić information content (AvgIpc) is 2.97. The number of aliphatic hydroxyl groups is 2. The van der Waals surface area contributed by atoms with Crippen LogP contribution in [0.25, 0.3) is 0 Å². The first-order valence-electron chi connectivity index (χ1n) is 11.6. The Labute approximate surface area is 215 Å². The van der Waals surface area contributed by atoms with E-state index in [4.69, 9.17) is 11.6 Å². The molecule has 2 N–H and O–H groups in total. The molecule has 0 saturated carbocycles. The number of rotatable bonds is 3. The molecule has 0 aromatic heterocycles. The van der Waals surface area contributed by atoms with Crippen molar-refractivity contribution >= 4 is 34.8 Å². The normalized spacial score (nSPS) is 20.8. The van der Waals surface area contributed by atoms with Crippen molar-refractivity contribution in [3.05, 3.63) is 93.8 Å². The first-order chi connectivity index (χ1) is 17.6. The molecule has 37 heavy (non-hydrogen) atoms. The summed E-state index contributed by atoms with van der Waals surface area (Å²) in [4.78, 5) is 29.0. The van der Waals surface area contributed by atoms with Gasteiger partial charge in [-0.3, -0.25) is 9.59 Å². The predicted octanol–water partition coefficient (Wildman–Crippen LogP) is 4.55. The molecule has 0 fully saturated rings. The molecular weight excluding hydrogens is 509 g/mol. The summed E-state index contributed by atoms with van der Waals surface area (Å²) in [6, 6.07) is 14.1. The Morgan fingerprint density at radius 3 is 2.46 bits per heavy atom. The molecule has 1 atom stereocenters. The van der Waals surface area contributed by atoms with E-state index >= 15 is 0 Å². The van der Waals surface area contributed by atoms with Crippen LogP contribution in [0.5, 0.6) is 0 Å². The van der Waals surface area contributed by atoms with Gasteiger partial charge in [0.15, 0.2) is 5.60 Å². The van der Waals surface area contributed by atoms with Gasteiger partial charge in [0.1, 0.15) is 5.82 Å². The zero-order valence-electron chi connectivity index (χ0n) is 19.4. The van der Waals surface area contributed by atoms with E-state index in [2.05, 4.69) is 0 Å². The molecule has 2 aliphatic rings. The van der Waals surface area contributed by atoms with Gasteiger partial charge in [-0.25, -0.2) is 13.2 Å². The second kappa shape index (κ2) is 9.16. The van der Waals surface area contributed by atoms with Gasteiger partial charge in [-0.1, -0.05) is 17.7 Å². The lowest BCUT2D eigenvalue weighted by Crippen LogP contribution is -2.48. The lowest BCUT2D eigenvalue weighted by molar-refractivity contribution is -0.205. The van der Waals surface area contributed by atoms with Gasteiger partial charge >= 0.3 is 0 Å². The van der Waals surface area contributed by atoms with Gasteiger partial charge in [-0.2, -0.15) is 0 Å². The molecule has 2 heterocycles. The lowest BCUT2D eigenvalue weighted by atomic mass is 9.86. The summed E-state index contributed by atoms with van der Waals surface area (Å²) in [7, 11) is 0. The van der Waals surface area contributed by atoms with Crippen LogP contribution in [-0.4, -0.2) is 47.6 Å². The molecule has 3 aromatic carbocycles. The van der Waals surface area contributed by atoms with Crippen molar-refractivity contribution in [1.29, 1.82) is 0 Å². The zero-order valence-corrected chi connectivity index (χ0v) is 20.2. The van der Waals surface area contributed by atoms with Gasteiger partial charge in [0.05, 0.1) is 12.3 Å². The second-order valence-electron chi connectivity index (χ2n) is 9.15. The Balaban J connectivity index is 1.46. The minimum Gasteiger partial charge on any atom is -0.393 e. The Bertz CT molecular complexity index is 1400. The zero-order chi connectivity index (χ0) is 26.5. The Morgan fingerprint density at radius 1 is 1.03 bits per heavy atom. The van der Waals surface area contributed by atoms with Crippen LogP contribution in [-0.2, 0) is 12.0 Å². The summed E-state index contributed by atoms with van der Waals surface area (Å²) in [6.07, 6.45) is -0.352. The fourth-order valence-corrected chi connectivity index (χ4v) is 5.07. The molecule has 192 valence electrons. The second-order valence-corrected chi connectivity index (χ2v) is 9.58. The van der Waals surface area contributed by atoms with Crippen LogP contribution in [0.1, 0.15) is 38.3 Å². The predicted molar refractivity (Wildman–Crippen MR) is 132 cm³/mol. The molecule has 10 heteroatoms. The van der Waals surface area contributed by atoms with Gasteiger partial charge < -0.3 is 20.0 Å². The number of fused-ring (bicyclic) bond motifs is 2. The number of benzene rings is 3. The van der Waals surface area contributed by atoms with E-state index in [1.54, 1.807) is 18.2 Å². The van der Waals surface area contributed by atoms with Crippen molar-refractivity contribution in [3.8, 4) is 0 Å². The van der Waals surface area contributed by atoms with Gasteiger partial charge in [0.2, 0.25) is 0 Å². The highest BCUT2D eigenvalue weighted by Crippen LogP contribution is 2.47. The van der Waals surface area contributed by atoms with Crippen LogP contribution in [0.3, 0.4) is 0 Å². The molecule has 0 bridgehead atoms. The summed E-state index contributed by atoms with van der Waals surface area (Å²) >= 11 is 6.00. The SMILES string of the molecule is O=C1c2cc(F)ccc2CCN1c1ccc(C(=O)N2CCC(F)(F)[C@](O)(CO)c3cc(Cl)ccc32)cc1. The molecule has 0 radical (unpaired) electrons. The minimum atomic E-state index is -3.73. The summed E-state index contributed by atoms with van der Waals surface area (Å²) < 4.78 is 43.6. The average molecular weight is 531 g/mol. The number of carbonyl (C=O) groups is 2. The topological polar surface area (TPSA) is 81.1 Å². The Morgan fingerprint density at radius 2 is 1.76 bits per heavy atom. The third kappa shape index (κ3) is 4.17. The molecule has 5 rings (SSSR count). The van der Waals surface area contributed by atoms with Crippen LogP contribution in [0.4, 0.5) is 24.5 Å². The number of hydrogen-bond donors (Lipinski definition) is 2. The highest BCUT2D eigenvalue weighted by atomic mass is 35.5. The first kappa shape index (κ1) is 25.3. The van der Waals surface area contributed by atoms with E-state index in [9.17, 15) is 33.0 Å². The van der Waals surface area contributed by atoms with E-state index in [0.717, 1.165) is 16.5 Å². The maximum atomic E-state index is 14.9. The molecule has 0 saturated heterocycles. The van der Waals surface area contributed by atoms with E-state index in [1.807, 2.05) is 0 Å². The summed E-state index contributed by atoms with van der Waals surface area (Å²) in [5.41, 5.74) is -1.55. The number of hydrogen-bond acceptors (Lipinski definition) is 4. The van der Waals surface area contributed by atoms with Crippen LogP contribution in [0.2, 0.25) is 5.02 Å². The minimum absolute atomic E-state index is 0.0112. The van der Waals surface area contributed by atoms with E-state index < -0.39 is 42.8 Å². The highest BCUT2D eigenvalue weighted by Gasteiger charge is 2.56. The van der Waals surface area contributed by atoms with E-state index in [1.165, 1.54) is 41.3 Å². The third-order valence-electron chi connectivity index (χ3n) is 7.00.